The average Bonchev–Trinajstić information content (AvgIpc) is 3.07. The molecular formula is C13H21ClN2O5S. The summed E-state index contributed by atoms with van der Waals surface area (Å²) in [4.78, 5) is 11.5. The minimum absolute atomic E-state index is 0. The lowest BCUT2D eigenvalue weighted by molar-refractivity contribution is 0.0484. The Hall–Kier alpha value is -1.09. The first-order chi connectivity index (χ1) is 9.97. The quantitative estimate of drug-likeness (QED) is 0.746. The Bertz CT molecular complexity index is 601. The highest BCUT2D eigenvalue weighted by Gasteiger charge is 2.32. The standard InChI is InChI=1S/C13H20N2O5S.ClH/c1-2-19-13(16)11-6-7-12(20-11)21(17,18)15-10-5-3-4-9(10)8-14;/h6-7,9-10,15H,2-5,8,14H2,1H3;1H. The van der Waals surface area contributed by atoms with Crippen molar-refractivity contribution in [3.63, 3.8) is 0 Å². The van der Waals surface area contributed by atoms with E-state index in [1.807, 2.05) is 0 Å². The number of hydrogen-bond acceptors (Lipinski definition) is 6. The van der Waals surface area contributed by atoms with E-state index < -0.39 is 16.0 Å². The van der Waals surface area contributed by atoms with Crippen molar-refractivity contribution >= 4 is 28.4 Å². The molecule has 3 N–H and O–H groups in total. The number of ether oxygens (including phenoxy) is 1. The molecule has 7 nitrogen and oxygen atoms in total. The van der Waals surface area contributed by atoms with Crippen LogP contribution in [0.4, 0.5) is 0 Å². The van der Waals surface area contributed by atoms with Gasteiger partial charge in [0.2, 0.25) is 10.9 Å². The van der Waals surface area contributed by atoms with Crippen LogP contribution in [0.25, 0.3) is 0 Å². The van der Waals surface area contributed by atoms with Gasteiger partial charge in [0.25, 0.3) is 10.0 Å². The van der Waals surface area contributed by atoms with Gasteiger partial charge in [-0.15, -0.1) is 12.4 Å². The number of carbonyl (C=O) groups excluding carboxylic acids is 1. The summed E-state index contributed by atoms with van der Waals surface area (Å²) >= 11 is 0. The number of esters is 1. The van der Waals surface area contributed by atoms with Gasteiger partial charge < -0.3 is 14.9 Å². The molecule has 0 amide bonds. The predicted octanol–water partition coefficient (Wildman–Crippen LogP) is 1.28. The summed E-state index contributed by atoms with van der Waals surface area (Å²) in [7, 11) is -3.79. The van der Waals surface area contributed by atoms with Crippen molar-refractivity contribution in [2.24, 2.45) is 11.7 Å². The highest BCUT2D eigenvalue weighted by atomic mass is 35.5. The number of hydrogen-bond donors (Lipinski definition) is 2. The molecule has 1 aromatic rings. The van der Waals surface area contributed by atoms with Crippen molar-refractivity contribution in [3.05, 3.63) is 17.9 Å². The minimum Gasteiger partial charge on any atom is -0.460 e. The molecule has 0 aromatic carbocycles. The molecule has 22 heavy (non-hydrogen) atoms. The molecule has 2 unspecified atom stereocenters. The van der Waals surface area contributed by atoms with Gasteiger partial charge in [0.15, 0.2) is 0 Å². The number of sulfonamides is 1. The molecule has 1 aliphatic rings. The maximum Gasteiger partial charge on any atom is 0.374 e. The first-order valence-electron chi connectivity index (χ1n) is 6.97. The van der Waals surface area contributed by atoms with Crippen LogP contribution in [-0.4, -0.2) is 33.6 Å². The molecule has 126 valence electrons. The van der Waals surface area contributed by atoms with E-state index in [1.165, 1.54) is 12.1 Å². The van der Waals surface area contributed by atoms with Crippen LogP contribution < -0.4 is 10.5 Å². The molecule has 0 bridgehead atoms. The monoisotopic (exact) mass is 352 g/mol. The van der Waals surface area contributed by atoms with Crippen LogP contribution in [-0.2, 0) is 14.8 Å². The molecule has 1 fully saturated rings. The van der Waals surface area contributed by atoms with E-state index in [9.17, 15) is 13.2 Å². The third-order valence-electron chi connectivity index (χ3n) is 3.59. The summed E-state index contributed by atoms with van der Waals surface area (Å²) in [5, 5.41) is -0.284. The van der Waals surface area contributed by atoms with Crippen LogP contribution >= 0.6 is 12.4 Å². The zero-order chi connectivity index (χ0) is 15.5. The molecule has 0 aliphatic heterocycles. The second-order valence-corrected chi connectivity index (χ2v) is 6.64. The van der Waals surface area contributed by atoms with Crippen molar-refractivity contribution in [1.82, 2.24) is 4.72 Å². The SMILES string of the molecule is CCOC(=O)c1ccc(S(=O)(=O)NC2CCCC2CN)o1.Cl. The molecule has 0 radical (unpaired) electrons. The maximum atomic E-state index is 12.2. The Labute approximate surface area is 136 Å². The van der Waals surface area contributed by atoms with Crippen LogP contribution in [0.5, 0.6) is 0 Å². The third-order valence-corrected chi connectivity index (χ3v) is 4.95. The summed E-state index contributed by atoms with van der Waals surface area (Å²) < 4.78 is 36.9. The van der Waals surface area contributed by atoms with E-state index >= 15 is 0 Å². The maximum absolute atomic E-state index is 12.2. The Kier molecular flexibility index (Phi) is 6.86. The summed E-state index contributed by atoms with van der Waals surface area (Å²) in [6.07, 6.45) is 2.61. The van der Waals surface area contributed by atoms with Gasteiger partial charge in [-0.25, -0.2) is 17.9 Å². The van der Waals surface area contributed by atoms with E-state index in [4.69, 9.17) is 14.9 Å². The summed E-state index contributed by atoms with van der Waals surface area (Å²) in [5.41, 5.74) is 5.64. The summed E-state index contributed by atoms with van der Waals surface area (Å²) in [6, 6.07) is 2.36. The normalized spacial score (nSPS) is 21.4. The molecule has 0 saturated heterocycles. The van der Waals surface area contributed by atoms with Crippen molar-refractivity contribution in [1.29, 1.82) is 0 Å². The molecule has 9 heteroatoms. The molecule has 2 atom stereocenters. The second kappa shape index (κ2) is 7.96. The lowest BCUT2D eigenvalue weighted by Crippen LogP contribution is -2.39. The number of nitrogens with two attached hydrogens (primary N) is 1. The lowest BCUT2D eigenvalue weighted by atomic mass is 10.1. The minimum atomic E-state index is -3.79. The molecule has 2 rings (SSSR count). The van der Waals surface area contributed by atoms with Crippen LogP contribution in [0.1, 0.15) is 36.7 Å². The highest BCUT2D eigenvalue weighted by Crippen LogP contribution is 2.26. The van der Waals surface area contributed by atoms with Crippen LogP contribution in [0.3, 0.4) is 0 Å². The third kappa shape index (κ3) is 4.22. The van der Waals surface area contributed by atoms with Crippen LogP contribution in [0, 0.1) is 5.92 Å². The molecule has 1 heterocycles. The smallest absolute Gasteiger partial charge is 0.374 e. The Morgan fingerprint density at radius 2 is 2.18 bits per heavy atom. The predicted molar refractivity (Wildman–Crippen MR) is 82.4 cm³/mol. The van der Waals surface area contributed by atoms with Crippen LogP contribution in [0.2, 0.25) is 0 Å². The van der Waals surface area contributed by atoms with Gasteiger partial charge in [-0.05, 0) is 44.4 Å². The van der Waals surface area contributed by atoms with Crippen molar-refractivity contribution in [2.75, 3.05) is 13.2 Å². The number of halogens is 1. The Morgan fingerprint density at radius 3 is 2.82 bits per heavy atom. The average molecular weight is 353 g/mol. The summed E-state index contributed by atoms with van der Waals surface area (Å²) in [6.45, 7) is 2.30. The second-order valence-electron chi connectivity index (χ2n) is 4.99. The van der Waals surface area contributed by atoms with Gasteiger partial charge in [-0.2, -0.15) is 0 Å². The van der Waals surface area contributed by atoms with E-state index in [2.05, 4.69) is 4.72 Å². The van der Waals surface area contributed by atoms with E-state index in [0.717, 1.165) is 19.3 Å². The number of carbonyl (C=O) groups is 1. The highest BCUT2D eigenvalue weighted by molar-refractivity contribution is 7.89. The van der Waals surface area contributed by atoms with Gasteiger partial charge >= 0.3 is 5.97 Å². The van der Waals surface area contributed by atoms with Gasteiger partial charge in [-0.3, -0.25) is 0 Å². The van der Waals surface area contributed by atoms with Gasteiger partial charge in [-0.1, -0.05) is 6.42 Å². The number of rotatable bonds is 6. The number of nitrogens with one attached hydrogen (secondary N) is 1. The van der Waals surface area contributed by atoms with Gasteiger partial charge in [0, 0.05) is 6.04 Å². The van der Waals surface area contributed by atoms with Crippen LogP contribution in [0.15, 0.2) is 21.6 Å². The van der Waals surface area contributed by atoms with Crippen molar-refractivity contribution < 1.29 is 22.4 Å². The van der Waals surface area contributed by atoms with E-state index in [0.29, 0.717) is 6.54 Å². The topological polar surface area (TPSA) is 112 Å². The first kappa shape index (κ1) is 19.0. The Morgan fingerprint density at radius 1 is 1.45 bits per heavy atom. The first-order valence-corrected chi connectivity index (χ1v) is 8.45. The molecule has 0 spiro atoms. The molecule has 1 aliphatic carbocycles. The fourth-order valence-corrected chi connectivity index (χ4v) is 3.78. The largest absolute Gasteiger partial charge is 0.460 e. The Balaban J connectivity index is 0.00000242. The lowest BCUT2D eigenvalue weighted by Gasteiger charge is -2.18. The van der Waals surface area contributed by atoms with Gasteiger partial charge in [0.05, 0.1) is 6.61 Å². The summed E-state index contributed by atoms with van der Waals surface area (Å²) in [5.74, 6) is -0.669. The van der Waals surface area contributed by atoms with E-state index in [1.54, 1.807) is 6.92 Å². The van der Waals surface area contributed by atoms with Gasteiger partial charge in [0.1, 0.15) is 0 Å². The molecule has 1 aromatic heterocycles. The van der Waals surface area contributed by atoms with Crippen molar-refractivity contribution in [3.8, 4) is 0 Å². The van der Waals surface area contributed by atoms with E-state index in [-0.39, 0.29) is 41.8 Å². The zero-order valence-electron chi connectivity index (χ0n) is 12.3. The number of furan rings is 1. The fourth-order valence-electron chi connectivity index (χ4n) is 2.51. The fraction of sp³-hybridized carbons (Fsp3) is 0.615. The molecule has 1 saturated carbocycles. The molecular weight excluding hydrogens is 332 g/mol. The zero-order valence-corrected chi connectivity index (χ0v) is 13.9. The van der Waals surface area contributed by atoms with Crippen molar-refractivity contribution in [2.45, 2.75) is 37.3 Å².